The molecule has 1 aromatic carbocycles. The number of nitrogens with one attached hydrogen (secondary N) is 1. The summed E-state index contributed by atoms with van der Waals surface area (Å²) in [5.41, 5.74) is -0.555. The minimum Gasteiger partial charge on any atom is -0.494 e. The molecule has 0 bridgehead atoms. The third kappa shape index (κ3) is 1.35. The topological polar surface area (TPSA) is 42.1 Å². The van der Waals surface area contributed by atoms with Gasteiger partial charge in [-0.3, -0.25) is 4.79 Å². The zero-order valence-corrected chi connectivity index (χ0v) is 10.0. The summed E-state index contributed by atoms with van der Waals surface area (Å²) in [5, 5.41) is 2.75. The molecule has 3 aromatic rings. The molecule has 92 valence electrons. The van der Waals surface area contributed by atoms with Gasteiger partial charge in [-0.1, -0.05) is 0 Å². The van der Waals surface area contributed by atoms with Crippen molar-refractivity contribution in [3.63, 3.8) is 0 Å². The minimum atomic E-state index is -1.10. The van der Waals surface area contributed by atoms with E-state index in [1.54, 1.807) is 11.4 Å². The fraction of sp³-hybridized carbons (Fsp3) is 0.0833. The van der Waals surface area contributed by atoms with Crippen LogP contribution in [0.2, 0.25) is 0 Å². The van der Waals surface area contributed by atoms with Gasteiger partial charge in [0.15, 0.2) is 11.6 Å². The second-order valence-corrected chi connectivity index (χ2v) is 4.66. The molecular formula is C12H7F2NO2S. The maximum Gasteiger partial charge on any atom is 0.266 e. The van der Waals surface area contributed by atoms with Gasteiger partial charge < -0.3 is 9.72 Å². The lowest BCUT2D eigenvalue weighted by atomic mass is 10.1. The minimum absolute atomic E-state index is 0.135. The number of fused-ring (bicyclic) bond motifs is 3. The van der Waals surface area contributed by atoms with E-state index >= 15 is 0 Å². The van der Waals surface area contributed by atoms with E-state index in [1.807, 2.05) is 0 Å². The highest BCUT2D eigenvalue weighted by Crippen LogP contribution is 2.32. The number of halogens is 2. The Morgan fingerprint density at radius 3 is 2.78 bits per heavy atom. The molecule has 0 amide bonds. The normalized spacial score (nSPS) is 11.3. The Morgan fingerprint density at radius 2 is 2.06 bits per heavy atom. The Morgan fingerprint density at radius 1 is 1.28 bits per heavy atom. The van der Waals surface area contributed by atoms with Gasteiger partial charge in [-0.25, -0.2) is 4.39 Å². The highest BCUT2D eigenvalue weighted by Gasteiger charge is 2.17. The molecule has 6 heteroatoms. The third-order valence-corrected chi connectivity index (χ3v) is 3.71. The molecule has 0 aliphatic rings. The van der Waals surface area contributed by atoms with E-state index in [9.17, 15) is 13.6 Å². The maximum absolute atomic E-state index is 13.8. The van der Waals surface area contributed by atoms with E-state index in [-0.39, 0.29) is 11.3 Å². The maximum atomic E-state index is 13.8. The first-order chi connectivity index (χ1) is 8.63. The van der Waals surface area contributed by atoms with Crippen LogP contribution in [-0.4, -0.2) is 12.1 Å². The molecule has 0 atom stereocenters. The van der Waals surface area contributed by atoms with Gasteiger partial charge in [-0.15, -0.1) is 11.3 Å². The van der Waals surface area contributed by atoms with Gasteiger partial charge in [-0.2, -0.15) is 4.39 Å². The molecule has 0 spiro atoms. The summed E-state index contributed by atoms with van der Waals surface area (Å²) in [6, 6.07) is 3.09. The van der Waals surface area contributed by atoms with Crippen LogP contribution in [0, 0.1) is 11.6 Å². The molecule has 3 rings (SSSR count). The summed E-state index contributed by atoms with van der Waals surface area (Å²) in [7, 11) is 1.26. The van der Waals surface area contributed by atoms with Crippen LogP contribution < -0.4 is 10.3 Å². The molecule has 2 heterocycles. The lowest BCUT2D eigenvalue weighted by Crippen LogP contribution is -2.06. The Hall–Kier alpha value is -1.95. The molecule has 1 N–H and O–H groups in total. The largest absolute Gasteiger partial charge is 0.494 e. The second kappa shape index (κ2) is 3.78. The summed E-state index contributed by atoms with van der Waals surface area (Å²) >= 11 is 1.25. The van der Waals surface area contributed by atoms with E-state index in [1.165, 1.54) is 24.5 Å². The van der Waals surface area contributed by atoms with Crippen LogP contribution in [0.3, 0.4) is 0 Å². The number of thiophene rings is 1. The van der Waals surface area contributed by atoms with Crippen LogP contribution >= 0.6 is 11.3 Å². The molecule has 3 nitrogen and oxygen atoms in total. The Labute approximate surface area is 104 Å². The molecule has 0 saturated heterocycles. The van der Waals surface area contributed by atoms with Crippen molar-refractivity contribution < 1.29 is 13.5 Å². The van der Waals surface area contributed by atoms with Gasteiger partial charge >= 0.3 is 0 Å². The van der Waals surface area contributed by atoms with Gasteiger partial charge in [-0.05, 0) is 17.5 Å². The van der Waals surface area contributed by atoms with Crippen molar-refractivity contribution in [2.75, 3.05) is 7.11 Å². The van der Waals surface area contributed by atoms with E-state index in [0.29, 0.717) is 15.5 Å². The number of H-pyrrole nitrogens is 1. The van der Waals surface area contributed by atoms with Gasteiger partial charge in [0.1, 0.15) is 4.70 Å². The summed E-state index contributed by atoms with van der Waals surface area (Å²) < 4.78 is 32.7. The molecule has 0 unspecified atom stereocenters. The predicted molar refractivity (Wildman–Crippen MR) is 66.4 cm³/mol. The van der Waals surface area contributed by atoms with Crippen molar-refractivity contribution in [1.82, 2.24) is 4.98 Å². The molecule has 0 aliphatic heterocycles. The van der Waals surface area contributed by atoms with Crippen LogP contribution in [0.1, 0.15) is 0 Å². The number of aromatic amines is 1. The van der Waals surface area contributed by atoms with E-state index in [2.05, 4.69) is 4.98 Å². The highest BCUT2D eigenvalue weighted by atomic mass is 32.1. The SMILES string of the molecule is COc1cc2c([nH]c(=O)c3sccc32)c(F)c1F. The van der Waals surface area contributed by atoms with Crippen LogP contribution in [0.4, 0.5) is 8.78 Å². The molecule has 2 aromatic heterocycles. The number of methoxy groups -OCH3 is 1. The van der Waals surface area contributed by atoms with Crippen molar-refractivity contribution in [2.45, 2.75) is 0 Å². The first-order valence-electron chi connectivity index (χ1n) is 5.08. The molecular weight excluding hydrogens is 260 g/mol. The van der Waals surface area contributed by atoms with Crippen molar-refractivity contribution in [2.24, 2.45) is 0 Å². The van der Waals surface area contributed by atoms with Crippen LogP contribution in [-0.2, 0) is 0 Å². The lowest BCUT2D eigenvalue weighted by molar-refractivity contribution is 0.374. The third-order valence-electron chi connectivity index (χ3n) is 2.79. The van der Waals surface area contributed by atoms with Gasteiger partial charge in [0.25, 0.3) is 5.56 Å². The number of pyridine rings is 1. The summed E-state index contributed by atoms with van der Waals surface area (Å²) in [6.45, 7) is 0. The van der Waals surface area contributed by atoms with Crippen LogP contribution in [0.5, 0.6) is 5.75 Å². The first-order valence-corrected chi connectivity index (χ1v) is 5.96. The number of hydrogen-bond donors (Lipinski definition) is 1. The monoisotopic (exact) mass is 267 g/mol. The Kier molecular flexibility index (Phi) is 2.34. The number of aromatic nitrogens is 1. The van der Waals surface area contributed by atoms with Gasteiger partial charge in [0, 0.05) is 10.8 Å². The van der Waals surface area contributed by atoms with Crippen molar-refractivity contribution in [3.8, 4) is 5.75 Å². The second-order valence-electron chi connectivity index (χ2n) is 3.75. The zero-order valence-electron chi connectivity index (χ0n) is 9.21. The van der Waals surface area contributed by atoms with E-state index in [4.69, 9.17) is 4.74 Å². The molecule has 0 fully saturated rings. The Bertz CT molecular complexity index is 822. The summed E-state index contributed by atoms with van der Waals surface area (Å²) in [5.74, 6) is -2.38. The first kappa shape index (κ1) is 11.2. The number of rotatable bonds is 1. The van der Waals surface area contributed by atoms with Crippen molar-refractivity contribution in [3.05, 3.63) is 39.5 Å². The Balaban J connectivity index is 2.62. The van der Waals surface area contributed by atoms with Crippen molar-refractivity contribution in [1.29, 1.82) is 0 Å². The number of benzene rings is 1. The smallest absolute Gasteiger partial charge is 0.266 e. The van der Waals surface area contributed by atoms with Crippen LogP contribution in [0.15, 0.2) is 22.3 Å². The van der Waals surface area contributed by atoms with E-state index in [0.717, 1.165) is 0 Å². The van der Waals surface area contributed by atoms with Crippen molar-refractivity contribution >= 4 is 32.3 Å². The number of ether oxygens (including phenoxy) is 1. The molecule has 18 heavy (non-hydrogen) atoms. The fourth-order valence-electron chi connectivity index (χ4n) is 1.95. The average Bonchev–Trinajstić information content (AvgIpc) is 2.85. The molecule has 0 radical (unpaired) electrons. The predicted octanol–water partition coefficient (Wildman–Crippen LogP) is 3.03. The lowest BCUT2D eigenvalue weighted by Gasteiger charge is -2.07. The quantitative estimate of drug-likeness (QED) is 0.736. The van der Waals surface area contributed by atoms with Gasteiger partial charge in [0.05, 0.1) is 12.6 Å². The summed E-state index contributed by atoms with van der Waals surface area (Å²) in [6.07, 6.45) is 0. The van der Waals surface area contributed by atoms with Gasteiger partial charge in [0.2, 0.25) is 5.82 Å². The summed E-state index contributed by atoms with van der Waals surface area (Å²) in [4.78, 5) is 14.1. The molecule has 0 saturated carbocycles. The van der Waals surface area contributed by atoms with Crippen LogP contribution in [0.25, 0.3) is 21.0 Å². The zero-order chi connectivity index (χ0) is 12.9. The standard InChI is InChI=1S/C12H7F2NO2S/c1-17-7-4-6-5-2-3-18-11(5)12(16)15-10(6)9(14)8(7)13/h2-4H,1H3,(H,15,16). The number of hydrogen-bond acceptors (Lipinski definition) is 3. The van der Waals surface area contributed by atoms with E-state index < -0.39 is 17.2 Å². The highest BCUT2D eigenvalue weighted by molar-refractivity contribution is 7.17. The molecule has 0 aliphatic carbocycles. The fourth-order valence-corrected chi connectivity index (χ4v) is 2.76. The average molecular weight is 267 g/mol.